The standard InChI is InChI=1S/C9H13N3O3/c1-2-3-10-8(13)5-6-4-7(9(14)15)12-11-6/h4H,2-3,5H2,1H3,(H,10,13)(H,11,12)(H,14,15). The van der Waals surface area contributed by atoms with Gasteiger partial charge in [0.25, 0.3) is 0 Å². The molecular weight excluding hydrogens is 198 g/mol. The number of aromatic carboxylic acids is 1. The molecule has 0 aromatic carbocycles. The number of nitrogens with zero attached hydrogens (tertiary/aromatic N) is 1. The number of rotatable bonds is 5. The highest BCUT2D eigenvalue weighted by Crippen LogP contribution is 2.00. The number of carbonyl (C=O) groups excluding carboxylic acids is 1. The fourth-order valence-corrected chi connectivity index (χ4v) is 1.06. The minimum Gasteiger partial charge on any atom is -0.476 e. The third kappa shape index (κ3) is 3.41. The van der Waals surface area contributed by atoms with Gasteiger partial charge in [0.2, 0.25) is 5.91 Å². The molecule has 0 fully saturated rings. The first-order valence-electron chi connectivity index (χ1n) is 4.67. The van der Waals surface area contributed by atoms with Crippen molar-refractivity contribution >= 4 is 11.9 Å². The first-order valence-corrected chi connectivity index (χ1v) is 4.67. The molecule has 15 heavy (non-hydrogen) atoms. The van der Waals surface area contributed by atoms with Crippen LogP contribution in [0.2, 0.25) is 0 Å². The highest BCUT2D eigenvalue weighted by molar-refractivity contribution is 5.86. The Hall–Kier alpha value is -1.85. The molecule has 0 unspecified atom stereocenters. The van der Waals surface area contributed by atoms with Crippen LogP contribution in [-0.2, 0) is 11.2 Å². The van der Waals surface area contributed by atoms with Gasteiger partial charge < -0.3 is 10.4 Å². The first-order chi connectivity index (χ1) is 7.13. The highest BCUT2D eigenvalue weighted by atomic mass is 16.4. The van der Waals surface area contributed by atoms with Gasteiger partial charge in [-0.15, -0.1) is 0 Å². The first kappa shape index (κ1) is 11.2. The lowest BCUT2D eigenvalue weighted by Gasteiger charge is -2.00. The summed E-state index contributed by atoms with van der Waals surface area (Å²) in [4.78, 5) is 21.7. The van der Waals surface area contributed by atoms with Crippen LogP contribution in [0.5, 0.6) is 0 Å². The lowest BCUT2D eigenvalue weighted by atomic mass is 10.2. The van der Waals surface area contributed by atoms with Crippen molar-refractivity contribution in [3.63, 3.8) is 0 Å². The minimum atomic E-state index is -1.11. The smallest absolute Gasteiger partial charge is 0.356 e. The Morgan fingerprint density at radius 1 is 1.60 bits per heavy atom. The van der Waals surface area contributed by atoms with Crippen LogP contribution in [0.1, 0.15) is 29.5 Å². The predicted molar refractivity (Wildman–Crippen MR) is 52.6 cm³/mol. The number of nitrogens with one attached hydrogen (secondary N) is 2. The zero-order chi connectivity index (χ0) is 11.3. The molecule has 0 aliphatic carbocycles. The molecule has 1 aromatic heterocycles. The molecule has 1 aromatic rings. The fourth-order valence-electron chi connectivity index (χ4n) is 1.06. The molecule has 0 bridgehead atoms. The van der Waals surface area contributed by atoms with Gasteiger partial charge in [0.15, 0.2) is 5.69 Å². The summed E-state index contributed by atoms with van der Waals surface area (Å²) in [6.45, 7) is 2.58. The lowest BCUT2D eigenvalue weighted by Crippen LogP contribution is -2.25. The van der Waals surface area contributed by atoms with E-state index in [0.29, 0.717) is 12.2 Å². The summed E-state index contributed by atoms with van der Waals surface area (Å²) in [5.74, 6) is -1.25. The Kier molecular flexibility index (Phi) is 3.84. The molecule has 1 rings (SSSR count). The quantitative estimate of drug-likeness (QED) is 0.647. The number of carboxylic acid groups (broad SMARTS) is 1. The number of H-pyrrole nitrogens is 1. The summed E-state index contributed by atoms with van der Waals surface area (Å²) in [7, 11) is 0. The third-order valence-corrected chi connectivity index (χ3v) is 1.77. The molecule has 0 saturated carbocycles. The van der Waals surface area contributed by atoms with E-state index in [0.717, 1.165) is 6.42 Å². The summed E-state index contributed by atoms with van der Waals surface area (Å²) in [6.07, 6.45) is 0.995. The molecule has 0 aliphatic heterocycles. The van der Waals surface area contributed by atoms with Crippen LogP contribution in [0, 0.1) is 0 Å². The van der Waals surface area contributed by atoms with Crippen molar-refractivity contribution in [1.82, 2.24) is 15.5 Å². The van der Waals surface area contributed by atoms with Gasteiger partial charge in [-0.25, -0.2) is 4.79 Å². The molecule has 0 atom stereocenters. The Bertz CT molecular complexity index is 359. The predicted octanol–water partition coefficient (Wildman–Crippen LogP) is 0.177. The third-order valence-electron chi connectivity index (χ3n) is 1.77. The number of aromatic nitrogens is 2. The number of carbonyl (C=O) groups is 2. The fraction of sp³-hybridized carbons (Fsp3) is 0.444. The summed E-state index contributed by atoms with van der Waals surface area (Å²) in [6, 6.07) is 1.36. The molecule has 3 N–H and O–H groups in total. The van der Waals surface area contributed by atoms with Crippen LogP contribution in [0.4, 0.5) is 0 Å². The van der Waals surface area contributed by atoms with Gasteiger partial charge in [-0.05, 0) is 12.5 Å². The van der Waals surface area contributed by atoms with Crippen LogP contribution in [-0.4, -0.2) is 33.7 Å². The van der Waals surface area contributed by atoms with Crippen molar-refractivity contribution < 1.29 is 14.7 Å². The Labute approximate surface area is 86.7 Å². The average molecular weight is 211 g/mol. The molecule has 0 saturated heterocycles. The van der Waals surface area contributed by atoms with Crippen molar-refractivity contribution in [2.75, 3.05) is 6.54 Å². The van der Waals surface area contributed by atoms with Gasteiger partial charge in [-0.3, -0.25) is 9.89 Å². The molecule has 0 spiro atoms. The second-order valence-corrected chi connectivity index (χ2v) is 3.11. The molecule has 6 heteroatoms. The van der Waals surface area contributed by atoms with Gasteiger partial charge in [-0.1, -0.05) is 6.92 Å². The van der Waals surface area contributed by atoms with E-state index in [1.807, 2.05) is 6.92 Å². The normalized spacial score (nSPS) is 9.93. The van der Waals surface area contributed by atoms with E-state index in [4.69, 9.17) is 5.11 Å². The molecular formula is C9H13N3O3. The van der Waals surface area contributed by atoms with E-state index >= 15 is 0 Å². The highest BCUT2D eigenvalue weighted by Gasteiger charge is 2.10. The minimum absolute atomic E-state index is 0.0757. The van der Waals surface area contributed by atoms with Gasteiger partial charge in [-0.2, -0.15) is 5.10 Å². The molecule has 1 amide bonds. The van der Waals surface area contributed by atoms with Crippen molar-refractivity contribution in [2.24, 2.45) is 0 Å². The Balaban J connectivity index is 2.50. The summed E-state index contributed by atoms with van der Waals surface area (Å²) >= 11 is 0. The SMILES string of the molecule is CCCNC(=O)Cc1cc(C(=O)O)n[nH]1. The van der Waals surface area contributed by atoms with Crippen LogP contribution in [0.3, 0.4) is 0 Å². The van der Waals surface area contributed by atoms with Crippen molar-refractivity contribution in [2.45, 2.75) is 19.8 Å². The van der Waals surface area contributed by atoms with Crippen LogP contribution >= 0.6 is 0 Å². The van der Waals surface area contributed by atoms with Gasteiger partial charge in [0, 0.05) is 12.2 Å². The lowest BCUT2D eigenvalue weighted by molar-refractivity contribution is -0.120. The number of carboxylic acids is 1. The average Bonchev–Trinajstić information content (AvgIpc) is 2.63. The zero-order valence-electron chi connectivity index (χ0n) is 8.41. The number of hydrogen-bond donors (Lipinski definition) is 3. The monoisotopic (exact) mass is 211 g/mol. The van der Waals surface area contributed by atoms with E-state index in [2.05, 4.69) is 15.5 Å². The maximum Gasteiger partial charge on any atom is 0.356 e. The largest absolute Gasteiger partial charge is 0.476 e. The van der Waals surface area contributed by atoms with Crippen LogP contribution < -0.4 is 5.32 Å². The number of hydrogen-bond acceptors (Lipinski definition) is 3. The van der Waals surface area contributed by atoms with Crippen LogP contribution in [0.25, 0.3) is 0 Å². The summed E-state index contributed by atoms with van der Waals surface area (Å²) in [5, 5.41) is 17.3. The zero-order valence-corrected chi connectivity index (χ0v) is 8.41. The van der Waals surface area contributed by atoms with Crippen molar-refractivity contribution in [3.8, 4) is 0 Å². The molecule has 6 nitrogen and oxygen atoms in total. The van der Waals surface area contributed by atoms with E-state index in [9.17, 15) is 9.59 Å². The van der Waals surface area contributed by atoms with Gasteiger partial charge >= 0.3 is 5.97 Å². The topological polar surface area (TPSA) is 95.1 Å². The summed E-state index contributed by atoms with van der Waals surface area (Å²) < 4.78 is 0. The molecule has 0 radical (unpaired) electrons. The van der Waals surface area contributed by atoms with Crippen molar-refractivity contribution in [1.29, 1.82) is 0 Å². The van der Waals surface area contributed by atoms with E-state index < -0.39 is 5.97 Å². The van der Waals surface area contributed by atoms with Crippen molar-refractivity contribution in [3.05, 3.63) is 17.5 Å². The van der Waals surface area contributed by atoms with E-state index in [1.165, 1.54) is 6.07 Å². The van der Waals surface area contributed by atoms with Gasteiger partial charge in [0.1, 0.15) is 0 Å². The van der Waals surface area contributed by atoms with E-state index in [1.54, 1.807) is 0 Å². The molecule has 82 valence electrons. The maximum absolute atomic E-state index is 11.2. The second-order valence-electron chi connectivity index (χ2n) is 3.11. The summed E-state index contributed by atoms with van der Waals surface area (Å²) in [5.41, 5.74) is 0.425. The van der Waals surface area contributed by atoms with Gasteiger partial charge in [0.05, 0.1) is 6.42 Å². The molecule has 1 heterocycles. The molecule has 0 aliphatic rings. The van der Waals surface area contributed by atoms with E-state index in [-0.39, 0.29) is 18.0 Å². The van der Waals surface area contributed by atoms with Crippen LogP contribution in [0.15, 0.2) is 6.07 Å². The number of amides is 1. The Morgan fingerprint density at radius 3 is 2.87 bits per heavy atom. The Morgan fingerprint density at radius 2 is 2.33 bits per heavy atom. The second kappa shape index (κ2) is 5.14. The maximum atomic E-state index is 11.2. The number of aromatic amines is 1.